The summed E-state index contributed by atoms with van der Waals surface area (Å²) >= 11 is 0. The second kappa shape index (κ2) is 8.56. The summed E-state index contributed by atoms with van der Waals surface area (Å²) in [5.74, 6) is 0.0952. The largest absolute Gasteiger partial charge is 0.490 e. The van der Waals surface area contributed by atoms with E-state index in [1.165, 1.54) is 5.56 Å². The Hall–Kier alpha value is -2.90. The summed E-state index contributed by atoms with van der Waals surface area (Å²) in [6, 6.07) is 17.6. The molecule has 2 amide bonds. The molecule has 1 spiro atoms. The average Bonchev–Trinajstić information content (AvgIpc) is 3.08. The maximum atomic E-state index is 13.7. The summed E-state index contributed by atoms with van der Waals surface area (Å²) in [5, 5.41) is 3.23. The molecule has 0 aliphatic carbocycles. The Morgan fingerprint density at radius 1 is 1.09 bits per heavy atom. The van der Waals surface area contributed by atoms with Crippen LogP contribution in [0.15, 0.2) is 54.6 Å². The van der Waals surface area contributed by atoms with Gasteiger partial charge in [0.1, 0.15) is 12.4 Å². The molecule has 168 valence electrons. The molecule has 5 rings (SSSR count). The molecule has 0 aromatic heterocycles. The van der Waals surface area contributed by atoms with E-state index in [2.05, 4.69) is 22.3 Å². The maximum Gasteiger partial charge on any atom is 0.255 e. The number of carbonyl (C=O) groups is 2. The van der Waals surface area contributed by atoms with Crippen LogP contribution >= 0.6 is 0 Å². The molecular weight excluding hydrogens is 404 g/mol. The van der Waals surface area contributed by atoms with Gasteiger partial charge in [0.05, 0.1) is 17.0 Å². The van der Waals surface area contributed by atoms with Crippen molar-refractivity contribution >= 4 is 11.8 Å². The van der Waals surface area contributed by atoms with Crippen LogP contribution in [0.5, 0.6) is 5.75 Å². The van der Waals surface area contributed by atoms with Crippen molar-refractivity contribution in [1.82, 2.24) is 15.1 Å². The Kier molecular flexibility index (Phi) is 5.61. The predicted octanol–water partition coefficient (Wildman–Crippen LogP) is 1.63. The van der Waals surface area contributed by atoms with Crippen LogP contribution in [0, 0.1) is 5.92 Å². The van der Waals surface area contributed by atoms with Crippen molar-refractivity contribution in [3.05, 3.63) is 65.7 Å². The van der Waals surface area contributed by atoms with Gasteiger partial charge in [-0.25, -0.2) is 0 Å². The highest BCUT2D eigenvalue weighted by molar-refractivity contribution is 5.98. The van der Waals surface area contributed by atoms with Crippen LogP contribution in [0.1, 0.15) is 28.8 Å². The second-order valence-corrected chi connectivity index (χ2v) is 9.27. The molecule has 32 heavy (non-hydrogen) atoms. The third kappa shape index (κ3) is 3.98. The highest BCUT2D eigenvalue weighted by atomic mass is 16.5. The first-order chi connectivity index (χ1) is 15.5. The molecule has 3 N–H and O–H groups in total. The van der Waals surface area contributed by atoms with Crippen LogP contribution in [0.2, 0.25) is 0 Å². The lowest BCUT2D eigenvalue weighted by Gasteiger charge is -2.38. The molecule has 2 atom stereocenters. The number of carbonyl (C=O) groups excluding carboxylic acids is 2. The molecule has 2 aromatic rings. The molecule has 0 bridgehead atoms. The lowest BCUT2D eigenvalue weighted by atomic mass is 9.85. The molecule has 7 nitrogen and oxygen atoms in total. The highest BCUT2D eigenvalue weighted by Crippen LogP contribution is 2.35. The van der Waals surface area contributed by atoms with E-state index in [1.54, 1.807) is 6.07 Å². The normalized spacial score (nSPS) is 26.3. The van der Waals surface area contributed by atoms with Crippen molar-refractivity contribution in [3.63, 3.8) is 0 Å². The maximum absolute atomic E-state index is 13.7. The average molecular weight is 435 g/mol. The first-order valence-electron chi connectivity index (χ1n) is 11.4. The lowest BCUT2D eigenvalue weighted by molar-refractivity contribution is -0.138. The number of benzene rings is 2. The zero-order chi connectivity index (χ0) is 22.1. The van der Waals surface area contributed by atoms with Gasteiger partial charge in [0.25, 0.3) is 5.91 Å². The fraction of sp³-hybridized carbons (Fsp3) is 0.440. The number of nitrogens with two attached hydrogens (primary N) is 1. The number of hydrogen-bond donors (Lipinski definition) is 2. The van der Waals surface area contributed by atoms with E-state index in [0.29, 0.717) is 37.5 Å². The minimum absolute atomic E-state index is 0.0855. The SMILES string of the molecule is NC1CCN(C(=O)[C@@H]2CN(Cc3ccccc3)C[C@]23COc2ccccc2C(=O)N3)CC1. The van der Waals surface area contributed by atoms with Gasteiger partial charge in [-0.05, 0) is 30.5 Å². The van der Waals surface area contributed by atoms with Gasteiger partial charge in [0, 0.05) is 38.8 Å². The van der Waals surface area contributed by atoms with Crippen LogP contribution in [-0.4, -0.2) is 66.0 Å². The predicted molar refractivity (Wildman–Crippen MR) is 121 cm³/mol. The Morgan fingerprint density at radius 3 is 2.59 bits per heavy atom. The standard InChI is InChI=1S/C25H30N4O3/c26-19-10-12-29(13-11-19)24(31)21-15-28(14-18-6-2-1-3-7-18)16-25(21)17-32-22-9-5-4-8-20(22)23(30)27-25/h1-9,19,21H,10-17,26H2,(H,27,30)/t21-,25-/m0/s1. The quantitative estimate of drug-likeness (QED) is 0.767. The van der Waals surface area contributed by atoms with Gasteiger partial charge in [0.2, 0.25) is 5.91 Å². The van der Waals surface area contributed by atoms with Gasteiger partial charge >= 0.3 is 0 Å². The Labute approximate surface area is 188 Å². The number of likely N-dealkylation sites (tertiary alicyclic amines) is 2. The van der Waals surface area contributed by atoms with Crippen molar-refractivity contribution in [1.29, 1.82) is 0 Å². The van der Waals surface area contributed by atoms with Crippen molar-refractivity contribution < 1.29 is 14.3 Å². The summed E-state index contributed by atoms with van der Waals surface area (Å²) in [6.07, 6.45) is 1.63. The molecule has 3 heterocycles. The van der Waals surface area contributed by atoms with Gasteiger partial charge in [0.15, 0.2) is 0 Å². The number of ether oxygens (including phenoxy) is 1. The number of piperidine rings is 1. The molecule has 3 aliphatic heterocycles. The topological polar surface area (TPSA) is 87.9 Å². The molecular formula is C25H30N4O3. The van der Waals surface area contributed by atoms with Gasteiger partial charge in [-0.3, -0.25) is 14.5 Å². The van der Waals surface area contributed by atoms with Crippen LogP contribution in [0.4, 0.5) is 0 Å². The summed E-state index contributed by atoms with van der Waals surface area (Å²) in [4.78, 5) is 31.1. The van der Waals surface area contributed by atoms with E-state index >= 15 is 0 Å². The van der Waals surface area contributed by atoms with E-state index in [1.807, 2.05) is 41.3 Å². The number of amides is 2. The number of rotatable bonds is 3. The monoisotopic (exact) mass is 434 g/mol. The molecule has 2 aromatic carbocycles. The first kappa shape index (κ1) is 21.0. The number of hydrogen-bond acceptors (Lipinski definition) is 5. The zero-order valence-electron chi connectivity index (χ0n) is 18.2. The lowest BCUT2D eigenvalue weighted by Crippen LogP contribution is -2.61. The molecule has 0 saturated carbocycles. The van der Waals surface area contributed by atoms with Crippen LogP contribution in [-0.2, 0) is 11.3 Å². The van der Waals surface area contributed by atoms with E-state index < -0.39 is 5.54 Å². The molecule has 7 heteroatoms. The fourth-order valence-corrected chi connectivity index (χ4v) is 5.21. The number of nitrogens with zero attached hydrogens (tertiary/aromatic N) is 2. The number of nitrogens with one attached hydrogen (secondary N) is 1. The molecule has 3 aliphatic rings. The highest BCUT2D eigenvalue weighted by Gasteiger charge is 2.54. The number of fused-ring (bicyclic) bond motifs is 1. The third-order valence-corrected chi connectivity index (χ3v) is 6.99. The Balaban J connectivity index is 1.43. The Bertz CT molecular complexity index is 990. The van der Waals surface area contributed by atoms with Crippen molar-refractivity contribution in [2.45, 2.75) is 31.0 Å². The van der Waals surface area contributed by atoms with Crippen molar-refractivity contribution in [2.24, 2.45) is 11.7 Å². The van der Waals surface area contributed by atoms with Gasteiger partial charge in [-0.1, -0.05) is 42.5 Å². The van der Waals surface area contributed by atoms with E-state index in [4.69, 9.17) is 10.5 Å². The van der Waals surface area contributed by atoms with Gasteiger partial charge in [-0.2, -0.15) is 0 Å². The Morgan fingerprint density at radius 2 is 1.81 bits per heavy atom. The summed E-state index contributed by atoms with van der Waals surface area (Å²) < 4.78 is 6.14. The fourth-order valence-electron chi connectivity index (χ4n) is 5.21. The van der Waals surface area contributed by atoms with Gasteiger partial charge < -0.3 is 20.7 Å². The third-order valence-electron chi connectivity index (χ3n) is 6.99. The van der Waals surface area contributed by atoms with Crippen molar-refractivity contribution in [3.8, 4) is 5.75 Å². The number of para-hydroxylation sites is 1. The van der Waals surface area contributed by atoms with E-state index in [9.17, 15) is 9.59 Å². The van der Waals surface area contributed by atoms with Crippen LogP contribution in [0.3, 0.4) is 0 Å². The van der Waals surface area contributed by atoms with Gasteiger partial charge in [-0.15, -0.1) is 0 Å². The minimum Gasteiger partial charge on any atom is -0.490 e. The van der Waals surface area contributed by atoms with E-state index in [0.717, 1.165) is 19.4 Å². The molecule has 2 saturated heterocycles. The summed E-state index contributed by atoms with van der Waals surface area (Å²) in [6.45, 7) is 3.47. The zero-order valence-corrected chi connectivity index (χ0v) is 18.2. The summed E-state index contributed by atoms with van der Waals surface area (Å²) in [7, 11) is 0. The van der Waals surface area contributed by atoms with Crippen LogP contribution < -0.4 is 15.8 Å². The molecule has 0 radical (unpaired) electrons. The van der Waals surface area contributed by atoms with Crippen LogP contribution in [0.25, 0.3) is 0 Å². The first-order valence-corrected chi connectivity index (χ1v) is 11.4. The summed E-state index contributed by atoms with van der Waals surface area (Å²) in [5.41, 5.74) is 6.98. The molecule has 2 fully saturated rings. The molecule has 0 unspecified atom stereocenters. The second-order valence-electron chi connectivity index (χ2n) is 9.27. The minimum atomic E-state index is -0.776. The smallest absolute Gasteiger partial charge is 0.255 e. The van der Waals surface area contributed by atoms with Crippen molar-refractivity contribution in [2.75, 3.05) is 32.8 Å². The van der Waals surface area contributed by atoms with E-state index in [-0.39, 0.29) is 30.4 Å².